The Morgan fingerprint density at radius 2 is 1.68 bits per heavy atom. The van der Waals surface area contributed by atoms with E-state index in [0.717, 1.165) is 28.0 Å². The maximum atomic E-state index is 11.0. The standard InChI is InChI=1S/C19H22O3/c1-13-9-17(11-15(3)19(20)21)10-14(2)18(13)22-12-16-7-5-4-6-8-16/h4-10,15H,11-12H2,1-3H3,(H,20,21). The highest BCUT2D eigenvalue weighted by atomic mass is 16.5. The van der Waals surface area contributed by atoms with Gasteiger partial charge in [0, 0.05) is 0 Å². The second-order valence-corrected chi connectivity index (χ2v) is 5.78. The highest BCUT2D eigenvalue weighted by Crippen LogP contribution is 2.27. The first kappa shape index (κ1) is 16.1. The molecule has 2 aromatic rings. The van der Waals surface area contributed by atoms with Gasteiger partial charge in [0.2, 0.25) is 0 Å². The van der Waals surface area contributed by atoms with Crippen molar-refractivity contribution in [3.63, 3.8) is 0 Å². The molecule has 0 aliphatic rings. The van der Waals surface area contributed by atoms with E-state index in [2.05, 4.69) is 0 Å². The molecule has 0 saturated carbocycles. The SMILES string of the molecule is Cc1cc(CC(C)C(=O)O)cc(C)c1OCc1ccccc1. The third-order valence-electron chi connectivity index (χ3n) is 3.71. The van der Waals surface area contributed by atoms with Crippen molar-refractivity contribution in [2.45, 2.75) is 33.8 Å². The number of carboxylic acids is 1. The van der Waals surface area contributed by atoms with Crippen LogP contribution in [0.15, 0.2) is 42.5 Å². The largest absolute Gasteiger partial charge is 0.488 e. The number of aliphatic carboxylic acids is 1. The molecular weight excluding hydrogens is 276 g/mol. The Labute approximate surface area is 131 Å². The summed E-state index contributed by atoms with van der Waals surface area (Å²) in [6.45, 7) is 6.27. The van der Waals surface area contributed by atoms with Gasteiger partial charge in [-0.2, -0.15) is 0 Å². The van der Waals surface area contributed by atoms with Gasteiger partial charge in [0.05, 0.1) is 5.92 Å². The molecule has 2 aromatic carbocycles. The second kappa shape index (κ2) is 7.12. The van der Waals surface area contributed by atoms with Gasteiger partial charge in [-0.3, -0.25) is 4.79 Å². The fraction of sp³-hybridized carbons (Fsp3) is 0.316. The van der Waals surface area contributed by atoms with Crippen LogP contribution in [0.4, 0.5) is 0 Å². The molecule has 116 valence electrons. The van der Waals surface area contributed by atoms with Crippen LogP contribution in [0.3, 0.4) is 0 Å². The van der Waals surface area contributed by atoms with Gasteiger partial charge in [-0.1, -0.05) is 49.4 Å². The third-order valence-corrected chi connectivity index (χ3v) is 3.71. The van der Waals surface area contributed by atoms with Crippen LogP contribution in [0.5, 0.6) is 5.75 Å². The summed E-state index contributed by atoms with van der Waals surface area (Å²) in [6, 6.07) is 14.1. The van der Waals surface area contributed by atoms with Crippen molar-refractivity contribution in [1.29, 1.82) is 0 Å². The molecule has 0 fully saturated rings. The number of carbonyl (C=O) groups is 1. The highest BCUT2D eigenvalue weighted by Gasteiger charge is 2.14. The summed E-state index contributed by atoms with van der Waals surface area (Å²) in [5.74, 6) is -0.259. The monoisotopic (exact) mass is 298 g/mol. The molecule has 0 heterocycles. The number of rotatable bonds is 6. The first-order chi connectivity index (χ1) is 10.5. The molecule has 0 aliphatic heterocycles. The second-order valence-electron chi connectivity index (χ2n) is 5.78. The van der Waals surface area contributed by atoms with Gasteiger partial charge in [0.1, 0.15) is 12.4 Å². The maximum Gasteiger partial charge on any atom is 0.306 e. The minimum absolute atomic E-state index is 0.380. The zero-order chi connectivity index (χ0) is 16.1. The molecule has 3 nitrogen and oxygen atoms in total. The van der Waals surface area contributed by atoms with Crippen LogP contribution in [0.25, 0.3) is 0 Å². The molecule has 0 saturated heterocycles. The fourth-order valence-corrected chi connectivity index (χ4v) is 2.56. The average molecular weight is 298 g/mol. The van der Waals surface area contributed by atoms with Gasteiger partial charge < -0.3 is 9.84 Å². The molecule has 0 amide bonds. The molecule has 3 heteroatoms. The van der Waals surface area contributed by atoms with Crippen LogP contribution >= 0.6 is 0 Å². The summed E-state index contributed by atoms with van der Waals surface area (Å²) in [5.41, 5.74) is 4.26. The van der Waals surface area contributed by atoms with Gasteiger partial charge in [-0.25, -0.2) is 0 Å². The van der Waals surface area contributed by atoms with Crippen molar-refractivity contribution in [3.05, 3.63) is 64.7 Å². The molecular formula is C19H22O3. The summed E-state index contributed by atoms with van der Waals surface area (Å²) in [7, 11) is 0. The van der Waals surface area contributed by atoms with Crippen molar-refractivity contribution in [2.24, 2.45) is 5.92 Å². The predicted octanol–water partition coefficient (Wildman–Crippen LogP) is 4.15. The number of hydrogen-bond donors (Lipinski definition) is 1. The van der Waals surface area contributed by atoms with E-state index in [0.29, 0.717) is 13.0 Å². The first-order valence-corrected chi connectivity index (χ1v) is 7.47. The molecule has 1 unspecified atom stereocenters. The molecule has 0 aliphatic carbocycles. The predicted molar refractivity (Wildman–Crippen MR) is 87.2 cm³/mol. The van der Waals surface area contributed by atoms with Crippen LogP contribution in [-0.2, 0) is 17.8 Å². The lowest BCUT2D eigenvalue weighted by Gasteiger charge is -2.15. The quantitative estimate of drug-likeness (QED) is 0.871. The summed E-state index contributed by atoms with van der Waals surface area (Å²) in [5, 5.41) is 9.02. The topological polar surface area (TPSA) is 46.5 Å². The normalized spacial score (nSPS) is 12.0. The maximum absolute atomic E-state index is 11.0. The molecule has 0 spiro atoms. The number of benzene rings is 2. The lowest BCUT2D eigenvalue weighted by molar-refractivity contribution is -0.141. The Balaban J connectivity index is 2.11. The number of aryl methyl sites for hydroxylation is 2. The lowest BCUT2D eigenvalue weighted by Crippen LogP contribution is -2.12. The van der Waals surface area contributed by atoms with E-state index >= 15 is 0 Å². The van der Waals surface area contributed by atoms with E-state index in [1.54, 1.807) is 6.92 Å². The van der Waals surface area contributed by atoms with Crippen LogP contribution in [0, 0.1) is 19.8 Å². The average Bonchev–Trinajstić information content (AvgIpc) is 2.47. The van der Waals surface area contributed by atoms with Crippen molar-refractivity contribution in [2.75, 3.05) is 0 Å². The van der Waals surface area contributed by atoms with Crippen molar-refractivity contribution >= 4 is 5.97 Å². The first-order valence-electron chi connectivity index (χ1n) is 7.47. The summed E-state index contributed by atoms with van der Waals surface area (Å²) < 4.78 is 5.94. The number of ether oxygens (including phenoxy) is 1. The van der Waals surface area contributed by atoms with Gasteiger partial charge in [-0.05, 0) is 42.5 Å². The van der Waals surface area contributed by atoms with Gasteiger partial charge >= 0.3 is 5.97 Å². The Hall–Kier alpha value is -2.29. The Kier molecular flexibility index (Phi) is 5.21. The summed E-state index contributed by atoms with van der Waals surface area (Å²) >= 11 is 0. The Morgan fingerprint density at radius 3 is 2.23 bits per heavy atom. The van der Waals surface area contributed by atoms with Crippen molar-refractivity contribution in [3.8, 4) is 5.75 Å². The van der Waals surface area contributed by atoms with E-state index < -0.39 is 5.97 Å². The van der Waals surface area contributed by atoms with Crippen molar-refractivity contribution < 1.29 is 14.6 Å². The number of hydrogen-bond acceptors (Lipinski definition) is 2. The Morgan fingerprint density at radius 1 is 1.09 bits per heavy atom. The number of carboxylic acid groups (broad SMARTS) is 1. The van der Waals surface area contributed by atoms with Crippen LogP contribution in [0.2, 0.25) is 0 Å². The van der Waals surface area contributed by atoms with Crippen LogP contribution in [-0.4, -0.2) is 11.1 Å². The molecule has 1 atom stereocenters. The minimum atomic E-state index is -0.764. The van der Waals surface area contributed by atoms with E-state index in [1.807, 2.05) is 56.3 Å². The smallest absolute Gasteiger partial charge is 0.306 e. The fourth-order valence-electron chi connectivity index (χ4n) is 2.56. The van der Waals surface area contributed by atoms with E-state index in [9.17, 15) is 4.79 Å². The lowest BCUT2D eigenvalue weighted by atomic mass is 9.97. The zero-order valence-corrected chi connectivity index (χ0v) is 13.3. The Bertz CT molecular complexity index is 624. The van der Waals surface area contributed by atoms with E-state index in [1.165, 1.54) is 0 Å². The van der Waals surface area contributed by atoms with Crippen LogP contribution in [0.1, 0.15) is 29.2 Å². The minimum Gasteiger partial charge on any atom is -0.488 e. The molecule has 1 N–H and O–H groups in total. The third kappa shape index (κ3) is 4.10. The molecule has 0 bridgehead atoms. The zero-order valence-electron chi connectivity index (χ0n) is 13.3. The van der Waals surface area contributed by atoms with Gasteiger partial charge in [0.25, 0.3) is 0 Å². The highest BCUT2D eigenvalue weighted by molar-refractivity contribution is 5.70. The summed E-state index contributed by atoms with van der Waals surface area (Å²) in [4.78, 5) is 11.0. The molecule has 0 aromatic heterocycles. The molecule has 0 radical (unpaired) electrons. The molecule has 2 rings (SSSR count). The van der Waals surface area contributed by atoms with E-state index in [-0.39, 0.29) is 5.92 Å². The summed E-state index contributed by atoms with van der Waals surface area (Å²) in [6.07, 6.45) is 0.538. The van der Waals surface area contributed by atoms with Crippen molar-refractivity contribution in [1.82, 2.24) is 0 Å². The van der Waals surface area contributed by atoms with Crippen LogP contribution < -0.4 is 4.74 Å². The van der Waals surface area contributed by atoms with E-state index in [4.69, 9.17) is 9.84 Å². The molecule has 22 heavy (non-hydrogen) atoms. The van der Waals surface area contributed by atoms with Gasteiger partial charge in [-0.15, -0.1) is 0 Å². The van der Waals surface area contributed by atoms with Gasteiger partial charge in [0.15, 0.2) is 0 Å².